The van der Waals surface area contributed by atoms with Crippen molar-refractivity contribution in [2.45, 2.75) is 13.0 Å². The van der Waals surface area contributed by atoms with E-state index in [-0.39, 0.29) is 5.35 Å². The highest BCUT2D eigenvalue weighted by molar-refractivity contribution is 6.35. The molecule has 1 unspecified atom stereocenters. The lowest BCUT2D eigenvalue weighted by atomic mass is 10.5. The molecule has 0 aromatic rings. The average Bonchev–Trinajstić information content (AvgIpc) is 1.36. The van der Waals surface area contributed by atoms with Crippen molar-refractivity contribution < 1.29 is 10.2 Å². The van der Waals surface area contributed by atoms with E-state index in [9.17, 15) is 0 Å². The van der Waals surface area contributed by atoms with E-state index in [1.165, 1.54) is 16.8 Å². The minimum Gasteiger partial charge on any atom is -0.516 e. The third-order valence-corrected chi connectivity index (χ3v) is 1.07. The van der Waals surface area contributed by atoms with Crippen LogP contribution >= 0.6 is 0 Å². The van der Waals surface area contributed by atoms with E-state index in [1.807, 2.05) is 0 Å². The fourth-order valence-electron chi connectivity index (χ4n) is 0. The molecule has 0 fully saturated rings. The van der Waals surface area contributed by atoms with E-state index in [0.29, 0.717) is 0 Å². The van der Waals surface area contributed by atoms with Crippen LogP contribution in [0.2, 0.25) is 0 Å². The zero-order valence-corrected chi connectivity index (χ0v) is 5.09. The Bertz CT molecular complexity index is 59.8. The molecule has 0 spiro atoms. The van der Waals surface area contributed by atoms with E-state index < -0.39 is 6.10 Å². The standard InChI is InChI=1S/C3H8O2Si/c1-2(4)3(5)6/h2,4-5H,6H2,1H3. The molecule has 1 atom stereocenters. The number of hydrogen-bond acceptors (Lipinski definition) is 2. The third-order valence-electron chi connectivity index (χ3n) is 0.482. The van der Waals surface area contributed by atoms with Crippen molar-refractivity contribution in [3.8, 4) is 0 Å². The summed E-state index contributed by atoms with van der Waals surface area (Å²) >= 11 is 0. The second-order valence-electron chi connectivity index (χ2n) is 1.17. The Morgan fingerprint density at radius 3 is 2.00 bits per heavy atom. The zero-order chi connectivity index (χ0) is 5.15. The zero-order valence-electron chi connectivity index (χ0n) is 3.68. The van der Waals surface area contributed by atoms with Gasteiger partial charge in [0.1, 0.15) is 6.10 Å². The summed E-state index contributed by atoms with van der Waals surface area (Å²) in [6, 6.07) is 0. The van der Waals surface area contributed by atoms with Crippen molar-refractivity contribution in [1.29, 1.82) is 0 Å². The second-order valence-corrected chi connectivity index (χ2v) is 1.89. The first-order chi connectivity index (χ1) is 2.64. The number of aliphatic hydroxyl groups is 2. The van der Waals surface area contributed by atoms with Gasteiger partial charge in [-0.25, -0.2) is 0 Å². The fraction of sp³-hybridized carbons (Fsp3) is 0.667. The summed E-state index contributed by atoms with van der Waals surface area (Å²) in [4.78, 5) is 0. The molecule has 0 aromatic heterocycles. The van der Waals surface area contributed by atoms with Crippen LogP contribution in [0, 0.1) is 0 Å². The third kappa shape index (κ3) is 2.11. The average molecular weight is 104 g/mol. The van der Waals surface area contributed by atoms with E-state index >= 15 is 0 Å². The van der Waals surface area contributed by atoms with Gasteiger partial charge in [-0.1, -0.05) is 0 Å². The number of rotatable bonds is 1. The predicted octanol–water partition coefficient (Wildman–Crippen LogP) is -1.50. The van der Waals surface area contributed by atoms with Gasteiger partial charge in [-0.2, -0.15) is 0 Å². The van der Waals surface area contributed by atoms with Crippen molar-refractivity contribution in [3.63, 3.8) is 0 Å². The van der Waals surface area contributed by atoms with Gasteiger partial charge in [0.05, 0.1) is 5.35 Å². The normalized spacial score (nSPS) is 13.7. The smallest absolute Gasteiger partial charge is 0.102 e. The Morgan fingerprint density at radius 1 is 1.83 bits per heavy atom. The SMILES string of the molecule is CC(O)C(O)=[SiH2]. The lowest BCUT2D eigenvalue weighted by Gasteiger charge is -1.96. The van der Waals surface area contributed by atoms with Gasteiger partial charge in [0.2, 0.25) is 0 Å². The summed E-state index contributed by atoms with van der Waals surface area (Å²) in [6.07, 6.45) is -0.664. The summed E-state index contributed by atoms with van der Waals surface area (Å²) in [6.45, 7) is 1.52. The van der Waals surface area contributed by atoms with Crippen LogP contribution in [0.15, 0.2) is 0 Å². The van der Waals surface area contributed by atoms with Crippen LogP contribution in [-0.4, -0.2) is 31.5 Å². The van der Waals surface area contributed by atoms with Crippen molar-refractivity contribution >= 4 is 15.2 Å². The van der Waals surface area contributed by atoms with Gasteiger partial charge >= 0.3 is 0 Å². The van der Waals surface area contributed by atoms with Crippen LogP contribution in [0.4, 0.5) is 0 Å². The molecule has 0 radical (unpaired) electrons. The molecule has 3 heteroatoms. The molecular formula is C3H8O2Si. The highest BCUT2D eigenvalue weighted by atomic mass is 28.1. The molecule has 36 valence electrons. The Labute approximate surface area is 39.5 Å². The Kier molecular flexibility index (Phi) is 2.04. The van der Waals surface area contributed by atoms with Gasteiger partial charge in [0, 0.05) is 9.85 Å². The Balaban J connectivity index is 3.26. The van der Waals surface area contributed by atoms with Crippen LogP contribution in [-0.2, 0) is 0 Å². The molecule has 2 N–H and O–H groups in total. The Hall–Kier alpha value is -0.153. The maximum absolute atomic E-state index is 8.35. The maximum Gasteiger partial charge on any atom is 0.102 e. The predicted molar refractivity (Wildman–Crippen MR) is 27.2 cm³/mol. The van der Waals surface area contributed by atoms with E-state index in [4.69, 9.17) is 10.2 Å². The molecule has 0 amide bonds. The quantitative estimate of drug-likeness (QED) is 0.398. The monoisotopic (exact) mass is 104 g/mol. The molecule has 0 rings (SSSR count). The topological polar surface area (TPSA) is 40.5 Å². The molecule has 0 aliphatic carbocycles. The molecular weight excluding hydrogens is 96.1 g/mol. The minimum atomic E-state index is -0.664. The van der Waals surface area contributed by atoms with E-state index in [1.54, 1.807) is 0 Å². The minimum absolute atomic E-state index is 0.0926. The Morgan fingerprint density at radius 2 is 2.00 bits per heavy atom. The molecule has 0 saturated heterocycles. The maximum atomic E-state index is 8.35. The lowest BCUT2D eigenvalue weighted by molar-refractivity contribution is 0.240. The van der Waals surface area contributed by atoms with Crippen LogP contribution in [0.1, 0.15) is 6.92 Å². The fourth-order valence-corrected chi connectivity index (χ4v) is 0. The number of hydrogen-bond donors (Lipinski definition) is 2. The first-order valence-electron chi connectivity index (χ1n) is 1.70. The second kappa shape index (κ2) is 2.10. The molecule has 0 bridgehead atoms. The first kappa shape index (κ1) is 5.85. The lowest BCUT2D eigenvalue weighted by Crippen LogP contribution is -2.14. The van der Waals surface area contributed by atoms with E-state index in [0.717, 1.165) is 0 Å². The molecule has 0 saturated carbocycles. The molecule has 2 nitrogen and oxygen atoms in total. The molecule has 0 heterocycles. The van der Waals surface area contributed by atoms with Crippen LogP contribution in [0.3, 0.4) is 0 Å². The van der Waals surface area contributed by atoms with Gasteiger partial charge in [0.25, 0.3) is 0 Å². The van der Waals surface area contributed by atoms with Gasteiger partial charge in [-0.05, 0) is 6.92 Å². The van der Waals surface area contributed by atoms with Crippen molar-refractivity contribution in [1.82, 2.24) is 0 Å². The summed E-state index contributed by atoms with van der Waals surface area (Å²) < 4.78 is 0. The van der Waals surface area contributed by atoms with E-state index in [2.05, 4.69) is 0 Å². The van der Waals surface area contributed by atoms with Crippen molar-refractivity contribution in [3.05, 3.63) is 0 Å². The van der Waals surface area contributed by atoms with Gasteiger partial charge < -0.3 is 10.2 Å². The summed E-state index contributed by atoms with van der Waals surface area (Å²) in [5.74, 6) is 0. The van der Waals surface area contributed by atoms with Crippen molar-refractivity contribution in [2.24, 2.45) is 0 Å². The van der Waals surface area contributed by atoms with Gasteiger partial charge in [-0.3, -0.25) is 0 Å². The molecule has 6 heavy (non-hydrogen) atoms. The largest absolute Gasteiger partial charge is 0.516 e. The van der Waals surface area contributed by atoms with Gasteiger partial charge in [0.15, 0.2) is 0 Å². The highest BCUT2D eigenvalue weighted by Gasteiger charge is 1.92. The first-order valence-corrected chi connectivity index (χ1v) is 2.41. The summed E-state index contributed by atoms with van der Waals surface area (Å²) in [7, 11) is 1.29. The summed E-state index contributed by atoms with van der Waals surface area (Å²) in [5.41, 5.74) is 0. The molecule has 0 aromatic carbocycles. The van der Waals surface area contributed by atoms with Crippen LogP contribution in [0.25, 0.3) is 0 Å². The van der Waals surface area contributed by atoms with Gasteiger partial charge in [-0.15, -0.1) is 0 Å². The summed E-state index contributed by atoms with van der Waals surface area (Å²) in [5, 5.41) is 16.8. The molecule has 0 aliphatic heterocycles. The highest BCUT2D eigenvalue weighted by Crippen LogP contribution is 1.72. The van der Waals surface area contributed by atoms with Crippen LogP contribution < -0.4 is 0 Å². The number of aliphatic hydroxyl groups excluding tert-OH is 2. The van der Waals surface area contributed by atoms with Crippen molar-refractivity contribution in [2.75, 3.05) is 0 Å². The molecule has 0 aliphatic rings. The van der Waals surface area contributed by atoms with Crippen LogP contribution in [0.5, 0.6) is 0 Å².